The van der Waals surface area contributed by atoms with Crippen molar-refractivity contribution in [2.45, 2.75) is 18.4 Å². The number of hydrogen-bond donors (Lipinski definition) is 2. The lowest BCUT2D eigenvalue weighted by molar-refractivity contribution is -0.161. The van der Waals surface area contributed by atoms with Crippen LogP contribution in [0.5, 0.6) is 0 Å². The van der Waals surface area contributed by atoms with Gasteiger partial charge in [-0.3, -0.25) is 28.8 Å². The number of benzene rings is 1. The molecule has 2 aromatic rings. The van der Waals surface area contributed by atoms with Gasteiger partial charge >= 0.3 is 11.7 Å². The molecule has 0 unspecified atom stereocenters. The van der Waals surface area contributed by atoms with Crippen LogP contribution in [0.1, 0.15) is 26.9 Å². The van der Waals surface area contributed by atoms with Gasteiger partial charge in [-0.15, -0.1) is 5.06 Å². The van der Waals surface area contributed by atoms with E-state index in [0.717, 1.165) is 23.9 Å². The highest BCUT2D eigenvalue weighted by Gasteiger charge is 2.50. The number of nitrogens with one attached hydrogen (secondary N) is 1. The molecule has 0 bridgehead atoms. The molecule has 2 aliphatic heterocycles. The Hall–Kier alpha value is -3.61. The summed E-state index contributed by atoms with van der Waals surface area (Å²) < 4.78 is 11.1. The van der Waals surface area contributed by atoms with Gasteiger partial charge in [-0.2, -0.15) is 0 Å². The molecule has 162 valence electrons. The molecule has 12 nitrogen and oxygen atoms in total. The third-order valence-corrected chi connectivity index (χ3v) is 5.12. The summed E-state index contributed by atoms with van der Waals surface area (Å²) in [6.45, 7) is -0.471. The number of H-pyrrole nitrogens is 1. The average molecular weight is 431 g/mol. The molecule has 3 heterocycles. The number of hydroxylamine groups is 2. The second kappa shape index (κ2) is 7.91. The number of methoxy groups -OCH3 is 1. The zero-order chi connectivity index (χ0) is 22.3. The maximum atomic E-state index is 12.4. The number of aliphatic hydroxyl groups excluding tert-OH is 1. The van der Waals surface area contributed by atoms with E-state index in [4.69, 9.17) is 9.57 Å². The third-order valence-electron chi connectivity index (χ3n) is 5.12. The monoisotopic (exact) mass is 431 g/mol. The summed E-state index contributed by atoms with van der Waals surface area (Å²) in [7, 11) is 1.11. The maximum absolute atomic E-state index is 12.4. The minimum atomic E-state index is -1.47. The van der Waals surface area contributed by atoms with Crippen molar-refractivity contribution in [1.82, 2.24) is 14.6 Å². The van der Waals surface area contributed by atoms with Gasteiger partial charge in [0.1, 0.15) is 6.10 Å². The summed E-state index contributed by atoms with van der Waals surface area (Å²) in [6.07, 6.45) is -3.07. The molecule has 1 aromatic carbocycles. The van der Waals surface area contributed by atoms with E-state index in [0.29, 0.717) is 5.06 Å². The molecule has 12 heteroatoms. The number of esters is 1. The molecule has 2 aliphatic rings. The van der Waals surface area contributed by atoms with Crippen molar-refractivity contribution in [1.29, 1.82) is 0 Å². The summed E-state index contributed by atoms with van der Waals surface area (Å²) >= 11 is 0. The van der Waals surface area contributed by atoms with Crippen LogP contribution in [0, 0.1) is 5.92 Å². The minimum absolute atomic E-state index is 0.165. The standard InChI is InChI=1S/C19H17N3O9/c1-29-18(27)14-11(13(24)17(31-14)21-7-6-12(23)20-19(21)28)8-30-22-15(25)9-4-2-3-5-10(9)16(22)26/h2-7,11,13-14,17,24H,8H2,1H3,(H,20,23,28)/t11-,13+,14-,17+/m0/s1. The number of nitrogens with zero attached hydrogens (tertiary/aromatic N) is 2. The van der Waals surface area contributed by atoms with Crippen LogP contribution in [0.3, 0.4) is 0 Å². The largest absolute Gasteiger partial charge is 0.467 e. The first-order valence-corrected chi connectivity index (χ1v) is 9.17. The highest BCUT2D eigenvalue weighted by molar-refractivity contribution is 6.20. The Morgan fingerprint density at radius 1 is 1.13 bits per heavy atom. The van der Waals surface area contributed by atoms with Crippen LogP contribution in [0.4, 0.5) is 0 Å². The molecule has 0 saturated carbocycles. The van der Waals surface area contributed by atoms with E-state index >= 15 is 0 Å². The molecule has 4 rings (SSSR count). The number of fused-ring (bicyclic) bond motifs is 1. The van der Waals surface area contributed by atoms with E-state index in [1.807, 2.05) is 4.98 Å². The fraction of sp³-hybridized carbons (Fsp3) is 0.316. The normalized spacial score (nSPS) is 25.0. The maximum Gasteiger partial charge on any atom is 0.335 e. The van der Waals surface area contributed by atoms with Gasteiger partial charge in [0.25, 0.3) is 17.4 Å². The Bertz CT molecular complexity index is 1140. The molecule has 0 aliphatic carbocycles. The Labute approximate surface area is 173 Å². The smallest absolute Gasteiger partial charge is 0.335 e. The van der Waals surface area contributed by atoms with Crippen molar-refractivity contribution in [3.05, 3.63) is 68.5 Å². The quantitative estimate of drug-likeness (QED) is 0.439. The van der Waals surface area contributed by atoms with Crippen molar-refractivity contribution in [2.75, 3.05) is 13.7 Å². The Morgan fingerprint density at radius 3 is 2.35 bits per heavy atom. The van der Waals surface area contributed by atoms with Gasteiger partial charge < -0.3 is 14.6 Å². The lowest BCUT2D eigenvalue weighted by Crippen LogP contribution is -2.40. The molecular weight excluding hydrogens is 414 g/mol. The zero-order valence-electron chi connectivity index (χ0n) is 16.1. The average Bonchev–Trinajstić information content (AvgIpc) is 3.20. The number of aromatic amines is 1. The van der Waals surface area contributed by atoms with Crippen LogP contribution < -0.4 is 11.2 Å². The Balaban J connectivity index is 1.57. The summed E-state index contributed by atoms with van der Waals surface area (Å²) in [5.74, 6) is -3.32. The topological polar surface area (TPSA) is 157 Å². The minimum Gasteiger partial charge on any atom is -0.467 e. The zero-order valence-corrected chi connectivity index (χ0v) is 16.1. The summed E-state index contributed by atoms with van der Waals surface area (Å²) in [5.41, 5.74) is -1.18. The predicted octanol–water partition coefficient (Wildman–Crippen LogP) is -1.19. The van der Waals surface area contributed by atoms with E-state index in [2.05, 4.69) is 4.74 Å². The first kappa shape index (κ1) is 20.7. The first-order chi connectivity index (χ1) is 14.8. The van der Waals surface area contributed by atoms with Crippen LogP contribution in [0.25, 0.3) is 0 Å². The summed E-state index contributed by atoms with van der Waals surface area (Å²) in [4.78, 5) is 67.8. The highest BCUT2D eigenvalue weighted by Crippen LogP contribution is 2.35. The molecule has 0 radical (unpaired) electrons. The van der Waals surface area contributed by atoms with Crippen LogP contribution in [0.2, 0.25) is 0 Å². The SMILES string of the molecule is COC(=O)[C@H]1O[C@@H](n2ccc(=O)[nH]c2=O)[C@H](O)[C@@H]1CON1C(=O)c2ccccc2C1=O. The van der Waals surface area contributed by atoms with Gasteiger partial charge in [0, 0.05) is 12.3 Å². The number of ether oxygens (including phenoxy) is 2. The molecule has 2 N–H and O–H groups in total. The molecule has 4 atom stereocenters. The summed E-state index contributed by atoms with van der Waals surface area (Å²) in [5, 5.41) is 11.3. The second-order valence-corrected chi connectivity index (χ2v) is 6.89. The number of imide groups is 1. The Morgan fingerprint density at radius 2 is 1.77 bits per heavy atom. The van der Waals surface area contributed by atoms with E-state index < -0.39 is 60.0 Å². The lowest BCUT2D eigenvalue weighted by atomic mass is 9.99. The molecule has 1 saturated heterocycles. The van der Waals surface area contributed by atoms with Gasteiger partial charge in [0.05, 0.1) is 30.8 Å². The van der Waals surface area contributed by atoms with E-state index in [1.165, 1.54) is 12.1 Å². The highest BCUT2D eigenvalue weighted by atomic mass is 16.7. The first-order valence-electron chi connectivity index (χ1n) is 9.17. The Kier molecular flexibility index (Phi) is 5.27. The molecule has 1 aromatic heterocycles. The number of aromatic nitrogens is 2. The fourth-order valence-electron chi connectivity index (χ4n) is 3.56. The van der Waals surface area contributed by atoms with Crippen molar-refractivity contribution in [3.8, 4) is 0 Å². The lowest BCUT2D eigenvalue weighted by Gasteiger charge is -2.21. The summed E-state index contributed by atoms with van der Waals surface area (Å²) in [6, 6.07) is 7.20. The van der Waals surface area contributed by atoms with E-state index in [-0.39, 0.29) is 11.1 Å². The predicted molar refractivity (Wildman–Crippen MR) is 99.6 cm³/mol. The van der Waals surface area contributed by atoms with E-state index in [1.54, 1.807) is 12.1 Å². The molecule has 2 amide bonds. The van der Waals surface area contributed by atoms with Crippen LogP contribution in [-0.2, 0) is 19.1 Å². The number of amides is 2. The van der Waals surface area contributed by atoms with E-state index in [9.17, 15) is 29.1 Å². The van der Waals surface area contributed by atoms with Gasteiger partial charge in [0.2, 0.25) is 0 Å². The third kappa shape index (κ3) is 3.46. The van der Waals surface area contributed by atoms with Crippen LogP contribution in [-0.4, -0.2) is 63.4 Å². The van der Waals surface area contributed by atoms with Crippen LogP contribution in [0.15, 0.2) is 46.1 Å². The number of aliphatic hydroxyl groups is 1. The van der Waals surface area contributed by atoms with Gasteiger partial charge in [0.15, 0.2) is 12.3 Å². The number of hydrogen-bond acceptors (Lipinski definition) is 9. The number of rotatable bonds is 5. The van der Waals surface area contributed by atoms with Crippen molar-refractivity contribution in [3.63, 3.8) is 0 Å². The van der Waals surface area contributed by atoms with Crippen molar-refractivity contribution in [2.24, 2.45) is 5.92 Å². The van der Waals surface area contributed by atoms with Crippen LogP contribution >= 0.6 is 0 Å². The van der Waals surface area contributed by atoms with Gasteiger partial charge in [-0.1, -0.05) is 12.1 Å². The van der Waals surface area contributed by atoms with Gasteiger partial charge in [-0.25, -0.2) is 9.59 Å². The second-order valence-electron chi connectivity index (χ2n) is 6.89. The molecular formula is C19H17N3O9. The molecule has 0 spiro atoms. The van der Waals surface area contributed by atoms with Crippen molar-refractivity contribution >= 4 is 17.8 Å². The molecule has 31 heavy (non-hydrogen) atoms. The molecule has 1 fully saturated rings. The number of carbonyl (C=O) groups is 3. The number of carbonyl (C=O) groups excluding carboxylic acids is 3. The van der Waals surface area contributed by atoms with Gasteiger partial charge in [-0.05, 0) is 12.1 Å². The van der Waals surface area contributed by atoms with Crippen molar-refractivity contribution < 1.29 is 33.8 Å². The fourth-order valence-corrected chi connectivity index (χ4v) is 3.56.